The molecular formula is C8H9BFNO3. The van der Waals surface area contributed by atoms with E-state index in [9.17, 15) is 4.39 Å². The highest BCUT2D eigenvalue weighted by Gasteiger charge is 2.21. The monoisotopic (exact) mass is 197 g/mol. The van der Waals surface area contributed by atoms with Crippen LogP contribution in [0.4, 0.5) is 10.1 Å². The fourth-order valence-electron chi connectivity index (χ4n) is 1.37. The highest BCUT2D eigenvalue weighted by molar-refractivity contribution is 6.58. The highest BCUT2D eigenvalue weighted by Crippen LogP contribution is 2.26. The van der Waals surface area contributed by atoms with E-state index in [0.717, 1.165) is 6.07 Å². The average molecular weight is 197 g/mol. The van der Waals surface area contributed by atoms with Gasteiger partial charge in [0.2, 0.25) is 0 Å². The maximum atomic E-state index is 13.2. The van der Waals surface area contributed by atoms with Gasteiger partial charge in [-0.15, -0.1) is 0 Å². The van der Waals surface area contributed by atoms with Crippen LogP contribution in [0.2, 0.25) is 0 Å². The number of hydrogen-bond acceptors (Lipinski definition) is 4. The van der Waals surface area contributed by atoms with Gasteiger partial charge in [0.25, 0.3) is 0 Å². The standard InChI is InChI=1S/C8H9BFNO3/c10-6-4-8-7(11-1-2-14-8)3-5(6)9(12)13/h3-4,11-13H,1-2H2. The quantitative estimate of drug-likeness (QED) is 0.521. The van der Waals surface area contributed by atoms with Gasteiger partial charge in [0.15, 0.2) is 0 Å². The number of hydrogen-bond donors (Lipinski definition) is 3. The molecule has 0 amide bonds. The molecule has 0 unspecified atom stereocenters. The molecule has 1 aliphatic heterocycles. The van der Waals surface area contributed by atoms with Gasteiger partial charge >= 0.3 is 7.12 Å². The van der Waals surface area contributed by atoms with Crippen LogP contribution in [0.5, 0.6) is 5.75 Å². The molecule has 74 valence electrons. The van der Waals surface area contributed by atoms with E-state index in [1.807, 2.05) is 0 Å². The fourth-order valence-corrected chi connectivity index (χ4v) is 1.37. The van der Waals surface area contributed by atoms with Gasteiger partial charge in [-0.25, -0.2) is 4.39 Å². The van der Waals surface area contributed by atoms with Crippen LogP contribution in [0.1, 0.15) is 0 Å². The summed E-state index contributed by atoms with van der Waals surface area (Å²) in [5.74, 6) is -0.277. The zero-order chi connectivity index (χ0) is 10.1. The molecule has 2 rings (SSSR count). The third kappa shape index (κ3) is 1.54. The summed E-state index contributed by atoms with van der Waals surface area (Å²) in [5, 5.41) is 20.7. The molecule has 0 bridgehead atoms. The van der Waals surface area contributed by atoms with Gasteiger partial charge in [-0.3, -0.25) is 0 Å². The molecule has 14 heavy (non-hydrogen) atoms. The van der Waals surface area contributed by atoms with Crippen LogP contribution in [0, 0.1) is 5.82 Å². The molecule has 1 aromatic carbocycles. The first-order valence-corrected chi connectivity index (χ1v) is 4.25. The number of benzene rings is 1. The van der Waals surface area contributed by atoms with Crippen LogP contribution >= 0.6 is 0 Å². The molecule has 0 saturated heterocycles. The predicted molar refractivity (Wildman–Crippen MR) is 50.2 cm³/mol. The maximum Gasteiger partial charge on any atom is 0.491 e. The topological polar surface area (TPSA) is 61.7 Å². The van der Waals surface area contributed by atoms with Crippen molar-refractivity contribution in [2.45, 2.75) is 0 Å². The minimum absolute atomic E-state index is 0.151. The molecule has 3 N–H and O–H groups in total. The van der Waals surface area contributed by atoms with Crippen molar-refractivity contribution in [2.75, 3.05) is 18.5 Å². The number of anilines is 1. The molecule has 0 atom stereocenters. The highest BCUT2D eigenvalue weighted by atomic mass is 19.1. The predicted octanol–water partition coefficient (Wildman–Crippen LogP) is -0.690. The third-order valence-corrected chi connectivity index (χ3v) is 2.05. The number of halogens is 1. The van der Waals surface area contributed by atoms with Crippen molar-refractivity contribution in [2.24, 2.45) is 0 Å². The lowest BCUT2D eigenvalue weighted by atomic mass is 9.79. The summed E-state index contributed by atoms with van der Waals surface area (Å²) in [6.45, 7) is 1.10. The van der Waals surface area contributed by atoms with Crippen LogP contribution in [-0.4, -0.2) is 30.3 Å². The van der Waals surface area contributed by atoms with Crippen LogP contribution in [0.25, 0.3) is 0 Å². The molecular weight excluding hydrogens is 188 g/mol. The second kappa shape index (κ2) is 3.47. The Bertz CT molecular complexity index is 359. The van der Waals surface area contributed by atoms with Gasteiger partial charge < -0.3 is 20.1 Å². The van der Waals surface area contributed by atoms with Crippen molar-refractivity contribution in [3.8, 4) is 5.75 Å². The van der Waals surface area contributed by atoms with Crippen molar-refractivity contribution in [3.63, 3.8) is 0 Å². The Kier molecular flexibility index (Phi) is 2.31. The summed E-state index contributed by atoms with van der Waals surface area (Å²) >= 11 is 0. The van der Waals surface area contributed by atoms with E-state index < -0.39 is 12.9 Å². The normalized spacial score (nSPS) is 13.9. The van der Waals surface area contributed by atoms with E-state index >= 15 is 0 Å². The minimum Gasteiger partial charge on any atom is -0.489 e. The van der Waals surface area contributed by atoms with Crippen molar-refractivity contribution in [3.05, 3.63) is 17.9 Å². The Morgan fingerprint density at radius 2 is 2.21 bits per heavy atom. The molecule has 1 heterocycles. The summed E-state index contributed by atoms with van der Waals surface area (Å²) in [7, 11) is -1.80. The van der Waals surface area contributed by atoms with Crippen LogP contribution in [0.15, 0.2) is 12.1 Å². The van der Waals surface area contributed by atoms with Gasteiger partial charge in [0, 0.05) is 18.1 Å². The van der Waals surface area contributed by atoms with Crippen molar-refractivity contribution >= 4 is 18.3 Å². The summed E-state index contributed by atoms with van der Waals surface area (Å²) in [6.07, 6.45) is 0. The molecule has 0 radical (unpaired) electrons. The smallest absolute Gasteiger partial charge is 0.489 e. The third-order valence-electron chi connectivity index (χ3n) is 2.05. The van der Waals surface area contributed by atoms with Gasteiger partial charge in [0.05, 0.1) is 5.69 Å². The number of rotatable bonds is 1. The average Bonchev–Trinajstić information content (AvgIpc) is 2.16. The largest absolute Gasteiger partial charge is 0.491 e. The Labute approximate surface area is 80.5 Å². The lowest BCUT2D eigenvalue weighted by Crippen LogP contribution is -2.34. The van der Waals surface area contributed by atoms with Crippen LogP contribution in [0.3, 0.4) is 0 Å². The van der Waals surface area contributed by atoms with Gasteiger partial charge in [-0.2, -0.15) is 0 Å². The van der Waals surface area contributed by atoms with E-state index in [1.54, 1.807) is 0 Å². The van der Waals surface area contributed by atoms with E-state index in [2.05, 4.69) is 5.32 Å². The molecule has 0 aromatic heterocycles. The Balaban J connectivity index is 2.45. The molecule has 0 fully saturated rings. The van der Waals surface area contributed by atoms with Crippen LogP contribution < -0.4 is 15.5 Å². The second-order valence-electron chi connectivity index (χ2n) is 3.02. The number of ether oxygens (including phenoxy) is 1. The van der Waals surface area contributed by atoms with E-state index in [-0.39, 0.29) is 5.46 Å². The first-order chi connectivity index (χ1) is 6.68. The second-order valence-corrected chi connectivity index (χ2v) is 3.02. The first-order valence-electron chi connectivity index (χ1n) is 4.25. The maximum absolute atomic E-state index is 13.2. The summed E-state index contributed by atoms with van der Waals surface area (Å²) in [6, 6.07) is 2.49. The lowest BCUT2D eigenvalue weighted by molar-refractivity contribution is 0.321. The lowest BCUT2D eigenvalue weighted by Gasteiger charge is -2.20. The Morgan fingerprint density at radius 1 is 1.43 bits per heavy atom. The molecule has 4 nitrogen and oxygen atoms in total. The zero-order valence-corrected chi connectivity index (χ0v) is 7.33. The SMILES string of the molecule is OB(O)c1cc2c(cc1F)OCCN2. The van der Waals surface area contributed by atoms with Crippen molar-refractivity contribution < 1.29 is 19.2 Å². The molecule has 1 aliphatic rings. The van der Waals surface area contributed by atoms with E-state index in [0.29, 0.717) is 24.6 Å². The van der Waals surface area contributed by atoms with E-state index in [1.165, 1.54) is 6.07 Å². The minimum atomic E-state index is -1.80. The molecule has 6 heteroatoms. The Morgan fingerprint density at radius 3 is 2.93 bits per heavy atom. The van der Waals surface area contributed by atoms with Gasteiger partial charge in [-0.05, 0) is 6.07 Å². The van der Waals surface area contributed by atoms with E-state index in [4.69, 9.17) is 14.8 Å². The molecule has 0 saturated carbocycles. The molecule has 1 aromatic rings. The molecule has 0 spiro atoms. The summed E-state index contributed by atoms with van der Waals surface area (Å²) in [4.78, 5) is 0. The number of nitrogens with one attached hydrogen (secondary N) is 1. The zero-order valence-electron chi connectivity index (χ0n) is 7.33. The van der Waals surface area contributed by atoms with Crippen LogP contribution in [-0.2, 0) is 0 Å². The molecule has 0 aliphatic carbocycles. The van der Waals surface area contributed by atoms with Gasteiger partial charge in [-0.1, -0.05) is 0 Å². The summed E-state index contributed by atoms with van der Waals surface area (Å²) < 4.78 is 18.4. The summed E-state index contributed by atoms with van der Waals surface area (Å²) in [5.41, 5.74) is 0.433. The number of fused-ring (bicyclic) bond motifs is 1. The fraction of sp³-hybridized carbons (Fsp3) is 0.250. The van der Waals surface area contributed by atoms with Gasteiger partial charge in [0.1, 0.15) is 18.2 Å². The van der Waals surface area contributed by atoms with Crippen molar-refractivity contribution in [1.29, 1.82) is 0 Å². The van der Waals surface area contributed by atoms with Crippen molar-refractivity contribution in [1.82, 2.24) is 0 Å². The Hall–Kier alpha value is -1.27. The first kappa shape index (κ1) is 9.30.